The molecule has 0 unspecified atom stereocenters. The number of allylic oxidation sites excluding steroid dienone is 1. The van der Waals surface area contributed by atoms with E-state index in [2.05, 4.69) is 16.0 Å². The zero-order chi connectivity index (χ0) is 25.8. The second-order valence-corrected chi connectivity index (χ2v) is 12.3. The van der Waals surface area contributed by atoms with Crippen molar-refractivity contribution in [2.24, 2.45) is 5.92 Å². The number of esters is 1. The quantitative estimate of drug-likeness (QED) is 0.230. The average Bonchev–Trinajstić information content (AvgIpc) is 2.81. The molecule has 6 atom stereocenters. The number of amides is 3. The molecule has 2 aliphatic rings. The summed E-state index contributed by atoms with van der Waals surface area (Å²) in [6.07, 6.45) is 4.75. The molecule has 0 radical (unpaired) electrons. The van der Waals surface area contributed by atoms with E-state index in [9.17, 15) is 24.3 Å². The van der Waals surface area contributed by atoms with Gasteiger partial charge in [-0.25, -0.2) is 0 Å². The lowest BCUT2D eigenvalue weighted by atomic mass is 9.92. The zero-order valence-corrected chi connectivity index (χ0v) is 22.9. The Morgan fingerprint density at radius 1 is 1.14 bits per heavy atom. The van der Waals surface area contributed by atoms with Crippen LogP contribution in [-0.4, -0.2) is 82.6 Å². The fourth-order valence-electron chi connectivity index (χ4n) is 3.74. The van der Waals surface area contributed by atoms with Gasteiger partial charge in [-0.1, -0.05) is 47.9 Å². The fourth-order valence-corrected chi connectivity index (χ4v) is 6.36. The van der Waals surface area contributed by atoms with E-state index in [1.165, 1.54) is 10.8 Å². The highest BCUT2D eigenvalue weighted by atomic mass is 33.1. The molecular weight excluding hydrogens is 510 g/mol. The molecule has 1 saturated heterocycles. The number of carbonyl (C=O) groups is 4. The number of aliphatic hydroxyl groups is 1. The van der Waals surface area contributed by atoms with E-state index in [0.717, 1.165) is 5.75 Å². The van der Waals surface area contributed by atoms with Crippen molar-refractivity contribution in [3.05, 3.63) is 12.2 Å². The van der Waals surface area contributed by atoms with E-state index >= 15 is 0 Å². The van der Waals surface area contributed by atoms with E-state index in [1.807, 2.05) is 26.2 Å². The molecule has 4 N–H and O–H groups in total. The minimum absolute atomic E-state index is 0.122. The van der Waals surface area contributed by atoms with Crippen molar-refractivity contribution in [1.82, 2.24) is 16.0 Å². The summed E-state index contributed by atoms with van der Waals surface area (Å²) in [5.41, 5.74) is 0. The van der Waals surface area contributed by atoms with Crippen LogP contribution in [0.15, 0.2) is 12.2 Å². The van der Waals surface area contributed by atoms with Crippen LogP contribution in [0.5, 0.6) is 0 Å². The van der Waals surface area contributed by atoms with E-state index in [1.54, 1.807) is 28.6 Å². The SMILES string of the molecule is CC[C@H](C)[C@@H]1NC(=O)[C@H]2CSSCC/C=C/[C@H](CC(=O)N[C@H](CCSC)C(=O)N2)OC(=O)C[C@@H]1O. The van der Waals surface area contributed by atoms with E-state index < -0.39 is 54.0 Å². The van der Waals surface area contributed by atoms with Gasteiger partial charge in [0.1, 0.15) is 18.2 Å². The lowest BCUT2D eigenvalue weighted by molar-refractivity contribution is -0.151. The molecule has 0 spiro atoms. The maximum atomic E-state index is 13.3. The van der Waals surface area contributed by atoms with Crippen LogP contribution in [0.25, 0.3) is 0 Å². The van der Waals surface area contributed by atoms with E-state index in [-0.39, 0.29) is 18.8 Å². The molecule has 0 saturated carbocycles. The van der Waals surface area contributed by atoms with Gasteiger partial charge in [0.25, 0.3) is 0 Å². The molecule has 2 bridgehead atoms. The maximum Gasteiger partial charge on any atom is 0.309 e. The van der Waals surface area contributed by atoms with Crippen molar-refractivity contribution >= 4 is 57.0 Å². The van der Waals surface area contributed by atoms with Gasteiger partial charge in [0.2, 0.25) is 17.7 Å². The Balaban J connectivity index is 2.46. The molecule has 9 nitrogen and oxygen atoms in total. The van der Waals surface area contributed by atoms with Crippen molar-refractivity contribution < 1.29 is 29.0 Å². The zero-order valence-electron chi connectivity index (χ0n) is 20.5. The molecule has 0 aromatic carbocycles. The first-order chi connectivity index (χ1) is 16.7. The molecule has 2 rings (SSSR count). The highest BCUT2D eigenvalue weighted by Gasteiger charge is 2.34. The number of thioether (sulfide) groups is 1. The minimum Gasteiger partial charge on any atom is -0.457 e. The molecule has 0 aliphatic carbocycles. The van der Waals surface area contributed by atoms with Crippen LogP contribution in [0.4, 0.5) is 0 Å². The number of fused-ring (bicyclic) bond motifs is 7. The molecular formula is C23H37N3O6S3. The van der Waals surface area contributed by atoms with Crippen LogP contribution >= 0.6 is 33.3 Å². The Hall–Kier alpha value is -1.37. The maximum absolute atomic E-state index is 13.3. The second-order valence-electron chi connectivity index (χ2n) is 8.71. The molecule has 3 amide bonds. The Morgan fingerprint density at radius 2 is 1.91 bits per heavy atom. The highest BCUT2D eigenvalue weighted by molar-refractivity contribution is 8.76. The normalized spacial score (nSPS) is 31.5. The lowest BCUT2D eigenvalue weighted by Crippen LogP contribution is -2.58. The van der Waals surface area contributed by atoms with Crippen molar-refractivity contribution in [2.45, 2.75) is 76.3 Å². The summed E-state index contributed by atoms with van der Waals surface area (Å²) in [5.74, 6) is -0.362. The topological polar surface area (TPSA) is 134 Å². The molecule has 1 fully saturated rings. The Bertz CT molecular complexity index is 769. The molecule has 35 heavy (non-hydrogen) atoms. The summed E-state index contributed by atoms with van der Waals surface area (Å²) < 4.78 is 5.54. The summed E-state index contributed by atoms with van der Waals surface area (Å²) >= 11 is 1.55. The van der Waals surface area contributed by atoms with Gasteiger partial charge in [-0.3, -0.25) is 19.2 Å². The first-order valence-corrected chi connectivity index (χ1v) is 15.8. The van der Waals surface area contributed by atoms with Crippen LogP contribution in [0.2, 0.25) is 0 Å². The predicted molar refractivity (Wildman–Crippen MR) is 142 cm³/mol. The van der Waals surface area contributed by atoms with E-state index in [4.69, 9.17) is 4.74 Å². The number of hydrogen-bond acceptors (Lipinski definition) is 9. The molecule has 0 aromatic heterocycles. The van der Waals surface area contributed by atoms with Crippen LogP contribution in [-0.2, 0) is 23.9 Å². The Labute approximate surface area is 219 Å². The van der Waals surface area contributed by atoms with Gasteiger partial charge in [0.15, 0.2) is 0 Å². The van der Waals surface area contributed by atoms with Gasteiger partial charge >= 0.3 is 5.97 Å². The van der Waals surface area contributed by atoms with Crippen molar-refractivity contribution in [3.63, 3.8) is 0 Å². The molecule has 2 heterocycles. The fraction of sp³-hybridized carbons (Fsp3) is 0.739. The van der Waals surface area contributed by atoms with Gasteiger partial charge in [0, 0.05) is 11.5 Å². The first-order valence-electron chi connectivity index (χ1n) is 11.9. The minimum atomic E-state index is -1.18. The van der Waals surface area contributed by atoms with Crippen molar-refractivity contribution in [1.29, 1.82) is 0 Å². The highest BCUT2D eigenvalue weighted by Crippen LogP contribution is 2.24. The summed E-state index contributed by atoms with van der Waals surface area (Å²) in [6, 6.07) is -2.39. The molecule has 0 aromatic rings. The standard InChI is InChI=1S/C23H37N3O6S3/c1-4-14(2)21-18(27)12-20(29)32-15-7-5-6-9-34-35-13-17(23(31)26-21)25-22(30)16(8-10-33-3)24-19(28)11-15/h5,7,14-18,21,27H,4,6,8-13H2,1-3H3,(H,24,28)(H,25,30)(H,26,31)/b7-5+/t14-,15+,16+,17+,18-,21-/m0/s1. The average molecular weight is 548 g/mol. The van der Waals surface area contributed by atoms with Crippen LogP contribution in [0.3, 0.4) is 0 Å². The predicted octanol–water partition coefficient (Wildman–Crippen LogP) is 1.65. The Morgan fingerprint density at radius 3 is 2.63 bits per heavy atom. The molecule has 2 aliphatic heterocycles. The monoisotopic (exact) mass is 547 g/mol. The van der Waals surface area contributed by atoms with Gasteiger partial charge in [-0.15, -0.1) is 0 Å². The largest absolute Gasteiger partial charge is 0.457 e. The van der Waals surface area contributed by atoms with Crippen molar-refractivity contribution in [3.8, 4) is 0 Å². The third-order valence-corrected chi connectivity index (χ3v) is 9.05. The van der Waals surface area contributed by atoms with Crippen LogP contribution < -0.4 is 16.0 Å². The smallest absolute Gasteiger partial charge is 0.309 e. The molecule has 12 heteroatoms. The van der Waals surface area contributed by atoms with Gasteiger partial charge in [-0.05, 0) is 36.8 Å². The summed E-state index contributed by atoms with van der Waals surface area (Å²) in [4.78, 5) is 51.9. The second kappa shape index (κ2) is 15.7. The molecule has 198 valence electrons. The van der Waals surface area contributed by atoms with E-state index in [0.29, 0.717) is 30.8 Å². The summed E-state index contributed by atoms with van der Waals surface area (Å²) in [5, 5.41) is 19.3. The lowest BCUT2D eigenvalue weighted by Gasteiger charge is -2.31. The van der Waals surface area contributed by atoms with Crippen molar-refractivity contribution in [2.75, 3.05) is 23.5 Å². The van der Waals surface area contributed by atoms with Crippen LogP contribution in [0.1, 0.15) is 46.0 Å². The number of hydrogen-bond donors (Lipinski definition) is 4. The number of carbonyl (C=O) groups excluding carboxylic acids is 4. The summed E-state index contributed by atoms with van der Waals surface area (Å²) in [6.45, 7) is 3.82. The van der Waals surface area contributed by atoms with Gasteiger partial charge < -0.3 is 25.8 Å². The number of aliphatic hydroxyl groups excluding tert-OH is 1. The summed E-state index contributed by atoms with van der Waals surface area (Å²) in [7, 11) is 3.05. The number of rotatable bonds is 5. The third kappa shape index (κ3) is 10.3. The number of nitrogens with one attached hydrogen (secondary N) is 3. The number of ether oxygens (including phenoxy) is 1. The van der Waals surface area contributed by atoms with Crippen LogP contribution in [0, 0.1) is 5.92 Å². The first kappa shape index (κ1) is 29.9. The van der Waals surface area contributed by atoms with Gasteiger partial charge in [-0.2, -0.15) is 11.8 Å². The van der Waals surface area contributed by atoms with Gasteiger partial charge in [0.05, 0.1) is 25.0 Å². The Kier molecular flexibility index (Phi) is 13.4. The third-order valence-electron chi connectivity index (χ3n) is 5.96.